The van der Waals surface area contributed by atoms with Crippen LogP contribution < -0.4 is 0 Å². The maximum Gasteiger partial charge on any atom is 0.123 e. The third-order valence-corrected chi connectivity index (χ3v) is 6.87. The summed E-state index contributed by atoms with van der Waals surface area (Å²) in [5.41, 5.74) is -0.696. The summed E-state index contributed by atoms with van der Waals surface area (Å²) < 4.78 is 0. The number of hydrogen-bond acceptors (Lipinski definition) is 2. The summed E-state index contributed by atoms with van der Waals surface area (Å²) in [5.74, 6) is 1.64. The number of carbonyl (C=O) groups excluding carboxylic acids is 1. The standard InChI is InChI=1S/C17H28O2/c1-16-9-7-14(13-5-3-2-4-6-13)11-17(16,19)10-8-15(16)12-18/h12-15,19H,2-11H2,1H3/t14-,15-,16-,17+/m1/s1. The second kappa shape index (κ2) is 4.87. The van der Waals surface area contributed by atoms with Crippen LogP contribution in [0.15, 0.2) is 0 Å². The Morgan fingerprint density at radius 2 is 1.74 bits per heavy atom. The molecule has 3 aliphatic rings. The lowest BCUT2D eigenvalue weighted by Crippen LogP contribution is -2.51. The van der Waals surface area contributed by atoms with Crippen molar-refractivity contribution in [1.82, 2.24) is 0 Å². The summed E-state index contributed by atoms with van der Waals surface area (Å²) >= 11 is 0. The summed E-state index contributed by atoms with van der Waals surface area (Å²) in [6, 6.07) is 0. The lowest BCUT2D eigenvalue weighted by Gasteiger charge is -2.50. The average molecular weight is 264 g/mol. The molecule has 3 saturated carbocycles. The van der Waals surface area contributed by atoms with Gasteiger partial charge in [0.15, 0.2) is 0 Å². The molecule has 3 fully saturated rings. The van der Waals surface area contributed by atoms with Gasteiger partial charge in [-0.1, -0.05) is 39.0 Å². The van der Waals surface area contributed by atoms with Crippen LogP contribution in [-0.2, 0) is 4.79 Å². The fourth-order valence-electron chi connectivity index (χ4n) is 5.34. The molecule has 0 aromatic heterocycles. The van der Waals surface area contributed by atoms with Crippen molar-refractivity contribution in [1.29, 1.82) is 0 Å². The van der Waals surface area contributed by atoms with Gasteiger partial charge in [-0.05, 0) is 43.9 Å². The predicted molar refractivity (Wildman–Crippen MR) is 75.8 cm³/mol. The molecule has 1 N–H and O–H groups in total. The summed E-state index contributed by atoms with van der Waals surface area (Å²) in [6.45, 7) is 2.16. The van der Waals surface area contributed by atoms with E-state index in [-0.39, 0.29) is 11.3 Å². The Morgan fingerprint density at radius 3 is 2.42 bits per heavy atom. The number of rotatable bonds is 2. The van der Waals surface area contributed by atoms with Crippen molar-refractivity contribution in [2.75, 3.05) is 0 Å². The van der Waals surface area contributed by atoms with Crippen molar-refractivity contribution in [2.24, 2.45) is 23.2 Å². The van der Waals surface area contributed by atoms with E-state index in [9.17, 15) is 9.90 Å². The number of hydrogen-bond donors (Lipinski definition) is 1. The third kappa shape index (κ3) is 2.07. The van der Waals surface area contributed by atoms with E-state index >= 15 is 0 Å². The second-order valence-corrected chi connectivity index (χ2v) is 7.63. The van der Waals surface area contributed by atoms with Gasteiger partial charge in [0.2, 0.25) is 0 Å². The highest BCUT2D eigenvalue weighted by Crippen LogP contribution is 2.60. The maximum absolute atomic E-state index is 11.3. The van der Waals surface area contributed by atoms with Gasteiger partial charge in [-0.25, -0.2) is 0 Å². The molecule has 19 heavy (non-hydrogen) atoms. The van der Waals surface area contributed by atoms with Gasteiger partial charge in [0.25, 0.3) is 0 Å². The van der Waals surface area contributed by atoms with Crippen LogP contribution in [0.3, 0.4) is 0 Å². The first-order chi connectivity index (χ1) is 9.09. The lowest BCUT2D eigenvalue weighted by atomic mass is 9.57. The first-order valence-corrected chi connectivity index (χ1v) is 8.27. The molecule has 0 spiro atoms. The molecule has 0 heterocycles. The molecule has 0 aliphatic heterocycles. The Bertz CT molecular complexity index is 347. The van der Waals surface area contributed by atoms with Crippen LogP contribution >= 0.6 is 0 Å². The van der Waals surface area contributed by atoms with Gasteiger partial charge >= 0.3 is 0 Å². The number of carbonyl (C=O) groups is 1. The minimum atomic E-state index is -0.557. The lowest BCUT2D eigenvalue weighted by molar-refractivity contribution is -0.136. The van der Waals surface area contributed by atoms with Crippen molar-refractivity contribution in [3.05, 3.63) is 0 Å². The van der Waals surface area contributed by atoms with Gasteiger partial charge in [-0.15, -0.1) is 0 Å². The summed E-state index contributed by atoms with van der Waals surface area (Å²) in [6.07, 6.45) is 13.0. The van der Waals surface area contributed by atoms with E-state index in [1.165, 1.54) is 38.5 Å². The average Bonchev–Trinajstić information content (AvgIpc) is 2.70. The van der Waals surface area contributed by atoms with Gasteiger partial charge in [0, 0.05) is 11.3 Å². The van der Waals surface area contributed by atoms with Crippen molar-refractivity contribution < 1.29 is 9.90 Å². The molecule has 2 heteroatoms. The molecule has 3 aliphatic carbocycles. The van der Waals surface area contributed by atoms with E-state index < -0.39 is 5.60 Å². The van der Waals surface area contributed by atoms with Crippen LogP contribution in [0.4, 0.5) is 0 Å². The van der Waals surface area contributed by atoms with Gasteiger partial charge in [0.1, 0.15) is 6.29 Å². The Morgan fingerprint density at radius 1 is 1.00 bits per heavy atom. The molecule has 4 atom stereocenters. The molecule has 0 amide bonds. The molecule has 0 aromatic rings. The summed E-state index contributed by atoms with van der Waals surface area (Å²) in [4.78, 5) is 11.3. The van der Waals surface area contributed by atoms with Crippen LogP contribution in [0.5, 0.6) is 0 Å². The van der Waals surface area contributed by atoms with E-state index in [1.54, 1.807) is 0 Å². The fourth-order valence-corrected chi connectivity index (χ4v) is 5.34. The zero-order chi connectivity index (χ0) is 13.5. The van der Waals surface area contributed by atoms with E-state index in [2.05, 4.69) is 6.92 Å². The molecule has 0 unspecified atom stereocenters. The molecule has 0 saturated heterocycles. The van der Waals surface area contributed by atoms with Gasteiger partial charge < -0.3 is 9.90 Å². The normalized spacial score (nSPS) is 47.9. The molecule has 0 aromatic carbocycles. The van der Waals surface area contributed by atoms with Crippen LogP contribution in [0.1, 0.15) is 71.1 Å². The summed E-state index contributed by atoms with van der Waals surface area (Å²) in [7, 11) is 0. The number of fused-ring (bicyclic) bond motifs is 1. The van der Waals surface area contributed by atoms with Gasteiger partial charge in [0.05, 0.1) is 5.60 Å². The first kappa shape index (κ1) is 13.6. The molecule has 0 radical (unpaired) electrons. The zero-order valence-electron chi connectivity index (χ0n) is 12.2. The molecular weight excluding hydrogens is 236 g/mol. The fraction of sp³-hybridized carbons (Fsp3) is 0.941. The maximum atomic E-state index is 11.3. The van der Waals surface area contributed by atoms with E-state index in [0.29, 0.717) is 5.92 Å². The molecule has 0 bridgehead atoms. The molecule has 108 valence electrons. The Kier molecular flexibility index (Phi) is 3.49. The van der Waals surface area contributed by atoms with Crippen LogP contribution in [0.25, 0.3) is 0 Å². The van der Waals surface area contributed by atoms with Gasteiger partial charge in [-0.3, -0.25) is 0 Å². The van der Waals surface area contributed by atoms with E-state index in [0.717, 1.165) is 37.9 Å². The largest absolute Gasteiger partial charge is 0.389 e. The first-order valence-electron chi connectivity index (χ1n) is 8.27. The predicted octanol–water partition coefficient (Wildman–Crippen LogP) is 3.71. The van der Waals surface area contributed by atoms with Crippen LogP contribution in [-0.4, -0.2) is 17.0 Å². The molecular formula is C17H28O2. The van der Waals surface area contributed by atoms with Gasteiger partial charge in [-0.2, -0.15) is 0 Å². The smallest absolute Gasteiger partial charge is 0.123 e. The van der Waals surface area contributed by atoms with Crippen molar-refractivity contribution in [2.45, 2.75) is 76.7 Å². The monoisotopic (exact) mass is 264 g/mol. The summed E-state index contributed by atoms with van der Waals surface area (Å²) in [5, 5.41) is 11.1. The van der Waals surface area contributed by atoms with Crippen molar-refractivity contribution in [3.8, 4) is 0 Å². The quantitative estimate of drug-likeness (QED) is 0.772. The zero-order valence-corrected chi connectivity index (χ0v) is 12.2. The van der Waals surface area contributed by atoms with Crippen molar-refractivity contribution in [3.63, 3.8) is 0 Å². The van der Waals surface area contributed by atoms with Crippen molar-refractivity contribution >= 4 is 6.29 Å². The highest BCUT2D eigenvalue weighted by atomic mass is 16.3. The van der Waals surface area contributed by atoms with Crippen LogP contribution in [0, 0.1) is 23.2 Å². The van der Waals surface area contributed by atoms with E-state index in [4.69, 9.17) is 0 Å². The topological polar surface area (TPSA) is 37.3 Å². The highest BCUT2D eigenvalue weighted by Gasteiger charge is 2.59. The van der Waals surface area contributed by atoms with E-state index in [1.807, 2.05) is 0 Å². The highest BCUT2D eigenvalue weighted by molar-refractivity contribution is 5.57. The Balaban J connectivity index is 1.74. The second-order valence-electron chi connectivity index (χ2n) is 7.63. The number of aldehydes is 1. The Hall–Kier alpha value is -0.370. The minimum absolute atomic E-state index is 0.0878. The minimum Gasteiger partial charge on any atom is -0.389 e. The third-order valence-electron chi connectivity index (χ3n) is 6.87. The SMILES string of the molecule is C[C@]12CC[C@@H](C3CCCCC3)C[C@@]1(O)CC[C@@H]2C=O. The Labute approximate surface area is 117 Å². The molecule has 3 rings (SSSR count). The molecule has 2 nitrogen and oxygen atoms in total. The van der Waals surface area contributed by atoms with Crippen LogP contribution in [0.2, 0.25) is 0 Å². The number of aliphatic hydroxyl groups is 1.